The molecule has 1 saturated heterocycles. The molecule has 0 aliphatic carbocycles. The molecule has 1 aliphatic heterocycles. The van der Waals surface area contributed by atoms with Gasteiger partial charge in [-0.25, -0.2) is 18.1 Å². The van der Waals surface area contributed by atoms with E-state index in [9.17, 15) is 13.2 Å². The third-order valence-corrected chi connectivity index (χ3v) is 5.47. The van der Waals surface area contributed by atoms with Crippen LogP contribution in [-0.4, -0.2) is 49.6 Å². The van der Waals surface area contributed by atoms with Crippen molar-refractivity contribution in [3.05, 3.63) is 12.0 Å². The van der Waals surface area contributed by atoms with Crippen molar-refractivity contribution in [2.75, 3.05) is 19.6 Å². The molecule has 2 rings (SSSR count). The van der Waals surface area contributed by atoms with Gasteiger partial charge in [0.25, 0.3) is 10.0 Å². The van der Waals surface area contributed by atoms with Crippen molar-refractivity contribution < 1.29 is 13.2 Å². The molecule has 1 amide bonds. The zero-order valence-electron chi connectivity index (χ0n) is 13.8. The summed E-state index contributed by atoms with van der Waals surface area (Å²) in [5.41, 5.74) is 0. The highest BCUT2D eigenvalue weighted by atomic mass is 32.2. The average molecular weight is 343 g/mol. The number of carbonyl (C=O) groups is 1. The van der Waals surface area contributed by atoms with Crippen LogP contribution < -0.4 is 15.4 Å². The Morgan fingerprint density at radius 3 is 2.87 bits per heavy atom. The van der Waals surface area contributed by atoms with Gasteiger partial charge in [-0.15, -0.1) is 0 Å². The molecule has 23 heavy (non-hydrogen) atoms. The number of aromatic nitrogens is 2. The normalized spacial score (nSPS) is 22.0. The van der Waals surface area contributed by atoms with E-state index in [0.29, 0.717) is 11.7 Å². The topological polar surface area (TPSA) is 105 Å². The van der Waals surface area contributed by atoms with Crippen molar-refractivity contribution in [3.63, 3.8) is 0 Å². The maximum absolute atomic E-state index is 12.1. The van der Waals surface area contributed by atoms with Gasteiger partial charge in [-0.1, -0.05) is 6.92 Å². The summed E-state index contributed by atoms with van der Waals surface area (Å²) in [5.74, 6) is 0.854. The van der Waals surface area contributed by atoms with Crippen LogP contribution in [0, 0.1) is 12.8 Å². The molecule has 0 aromatic carbocycles. The molecule has 9 heteroatoms. The van der Waals surface area contributed by atoms with Gasteiger partial charge in [0.05, 0.1) is 0 Å². The standard InChI is InChI=1S/C14H25N5O3S/c1-10-8-15-6-4-12(10)18-13(20)5-7-16-23(21,22)14-9-19(3)11(2)17-14/h9-10,12,15-16H,4-8H2,1-3H3,(H,18,20). The molecular weight excluding hydrogens is 318 g/mol. The summed E-state index contributed by atoms with van der Waals surface area (Å²) in [6.45, 7) is 5.65. The number of imidazole rings is 1. The van der Waals surface area contributed by atoms with E-state index in [2.05, 4.69) is 27.3 Å². The number of aryl methyl sites for hydroxylation is 2. The zero-order chi connectivity index (χ0) is 17.0. The van der Waals surface area contributed by atoms with Gasteiger partial charge in [-0.3, -0.25) is 4.79 Å². The van der Waals surface area contributed by atoms with Gasteiger partial charge in [0.15, 0.2) is 5.03 Å². The second-order valence-electron chi connectivity index (χ2n) is 6.03. The van der Waals surface area contributed by atoms with Crippen molar-refractivity contribution in [3.8, 4) is 0 Å². The molecule has 130 valence electrons. The molecule has 2 unspecified atom stereocenters. The first-order chi connectivity index (χ1) is 10.8. The quantitative estimate of drug-likeness (QED) is 0.646. The summed E-state index contributed by atoms with van der Waals surface area (Å²) in [6, 6.07) is 0.152. The minimum Gasteiger partial charge on any atom is -0.353 e. The summed E-state index contributed by atoms with van der Waals surface area (Å²) >= 11 is 0. The molecule has 8 nitrogen and oxygen atoms in total. The Balaban J connectivity index is 1.80. The highest BCUT2D eigenvalue weighted by Crippen LogP contribution is 2.10. The molecule has 1 aromatic rings. The monoisotopic (exact) mass is 343 g/mol. The molecule has 2 heterocycles. The number of carbonyl (C=O) groups excluding carboxylic acids is 1. The van der Waals surface area contributed by atoms with Crippen LogP contribution in [0.5, 0.6) is 0 Å². The molecular formula is C14H25N5O3S. The molecule has 2 atom stereocenters. The number of sulfonamides is 1. The lowest BCUT2D eigenvalue weighted by Gasteiger charge is -2.30. The van der Waals surface area contributed by atoms with Crippen LogP contribution >= 0.6 is 0 Å². The van der Waals surface area contributed by atoms with Gasteiger partial charge in [0.1, 0.15) is 5.82 Å². The minimum atomic E-state index is -3.67. The number of amides is 1. The molecule has 1 fully saturated rings. The lowest BCUT2D eigenvalue weighted by atomic mass is 9.95. The fourth-order valence-corrected chi connectivity index (χ4v) is 3.60. The lowest BCUT2D eigenvalue weighted by Crippen LogP contribution is -2.48. The van der Waals surface area contributed by atoms with E-state index in [-0.39, 0.29) is 29.9 Å². The van der Waals surface area contributed by atoms with Crippen molar-refractivity contribution in [2.24, 2.45) is 13.0 Å². The third-order valence-electron chi connectivity index (χ3n) is 4.14. The molecule has 3 N–H and O–H groups in total. The highest BCUT2D eigenvalue weighted by molar-refractivity contribution is 7.89. The summed E-state index contributed by atoms with van der Waals surface area (Å²) in [7, 11) is -1.94. The first-order valence-electron chi connectivity index (χ1n) is 7.79. The highest BCUT2D eigenvalue weighted by Gasteiger charge is 2.23. The Hall–Kier alpha value is -1.45. The number of hydrogen-bond donors (Lipinski definition) is 3. The first-order valence-corrected chi connectivity index (χ1v) is 9.27. The van der Waals surface area contributed by atoms with Crippen LogP contribution in [0.25, 0.3) is 0 Å². The average Bonchev–Trinajstić information content (AvgIpc) is 2.82. The maximum Gasteiger partial charge on any atom is 0.259 e. The smallest absolute Gasteiger partial charge is 0.259 e. The summed E-state index contributed by atoms with van der Waals surface area (Å²) < 4.78 is 28.2. The summed E-state index contributed by atoms with van der Waals surface area (Å²) in [6.07, 6.45) is 2.46. The summed E-state index contributed by atoms with van der Waals surface area (Å²) in [4.78, 5) is 15.9. The fourth-order valence-electron chi connectivity index (χ4n) is 2.54. The van der Waals surface area contributed by atoms with Gasteiger partial charge in [-0.05, 0) is 32.4 Å². The van der Waals surface area contributed by atoms with Crippen molar-refractivity contribution in [2.45, 2.75) is 37.8 Å². The number of piperidine rings is 1. The SMILES string of the molecule is Cc1nc(S(=O)(=O)NCCC(=O)NC2CCNCC2C)cn1C. The molecule has 0 spiro atoms. The van der Waals surface area contributed by atoms with E-state index in [1.165, 1.54) is 6.20 Å². The van der Waals surface area contributed by atoms with Gasteiger partial charge in [0, 0.05) is 32.3 Å². The van der Waals surface area contributed by atoms with Crippen LogP contribution in [0.15, 0.2) is 11.2 Å². The van der Waals surface area contributed by atoms with Crippen LogP contribution in [0.1, 0.15) is 25.6 Å². The molecule has 1 aliphatic rings. The molecule has 1 aromatic heterocycles. The van der Waals surface area contributed by atoms with Crippen molar-refractivity contribution >= 4 is 15.9 Å². The van der Waals surface area contributed by atoms with E-state index in [0.717, 1.165) is 19.5 Å². The summed E-state index contributed by atoms with van der Waals surface area (Å²) in [5, 5.41) is 6.22. The maximum atomic E-state index is 12.1. The predicted molar refractivity (Wildman–Crippen MR) is 86.3 cm³/mol. The second kappa shape index (κ2) is 7.41. The van der Waals surface area contributed by atoms with Gasteiger partial charge in [-0.2, -0.15) is 0 Å². The van der Waals surface area contributed by atoms with Gasteiger partial charge in [0.2, 0.25) is 5.91 Å². The Morgan fingerprint density at radius 1 is 1.52 bits per heavy atom. The molecule has 0 saturated carbocycles. The fraction of sp³-hybridized carbons (Fsp3) is 0.714. The van der Waals surface area contributed by atoms with Gasteiger partial charge < -0.3 is 15.2 Å². The Kier molecular flexibility index (Phi) is 5.77. The molecule has 0 bridgehead atoms. The Morgan fingerprint density at radius 2 is 2.26 bits per heavy atom. The van der Waals surface area contributed by atoms with Crippen molar-refractivity contribution in [1.29, 1.82) is 0 Å². The zero-order valence-corrected chi connectivity index (χ0v) is 14.6. The van der Waals surface area contributed by atoms with Crippen LogP contribution in [0.3, 0.4) is 0 Å². The van der Waals surface area contributed by atoms with E-state index in [4.69, 9.17) is 0 Å². The second-order valence-corrected chi connectivity index (χ2v) is 7.74. The number of rotatable bonds is 6. The number of nitrogens with zero attached hydrogens (tertiary/aromatic N) is 2. The van der Waals surface area contributed by atoms with E-state index >= 15 is 0 Å². The largest absolute Gasteiger partial charge is 0.353 e. The van der Waals surface area contributed by atoms with Crippen LogP contribution in [-0.2, 0) is 21.9 Å². The van der Waals surface area contributed by atoms with E-state index < -0.39 is 10.0 Å². The lowest BCUT2D eigenvalue weighted by molar-refractivity contribution is -0.122. The van der Waals surface area contributed by atoms with Gasteiger partial charge >= 0.3 is 0 Å². The molecule has 0 radical (unpaired) electrons. The Bertz CT molecular complexity index is 636. The predicted octanol–water partition coefficient (Wildman–Crippen LogP) is -0.489. The first kappa shape index (κ1) is 17.9. The number of nitrogens with one attached hydrogen (secondary N) is 3. The van der Waals surface area contributed by atoms with Crippen molar-refractivity contribution in [1.82, 2.24) is 24.9 Å². The van der Waals surface area contributed by atoms with Crippen LogP contribution in [0.2, 0.25) is 0 Å². The minimum absolute atomic E-state index is 0.0233. The van der Waals surface area contributed by atoms with E-state index in [1.807, 2.05) is 0 Å². The number of hydrogen-bond acceptors (Lipinski definition) is 5. The Labute approximate surface area is 137 Å². The van der Waals surface area contributed by atoms with E-state index in [1.54, 1.807) is 18.5 Å². The van der Waals surface area contributed by atoms with Crippen LogP contribution in [0.4, 0.5) is 0 Å². The third kappa shape index (κ3) is 4.76.